The SMILES string of the molecule is C=CCOC(=O)C(CCCCCCCCCCCCCCCCC/C=C/CCCC)CC(=O)O. The van der Waals surface area contributed by atoms with Gasteiger partial charge in [-0.1, -0.05) is 134 Å². The van der Waals surface area contributed by atoms with Gasteiger partial charge in [-0.3, -0.25) is 9.59 Å². The Hall–Kier alpha value is -1.58. The Morgan fingerprint density at radius 3 is 1.62 bits per heavy atom. The molecule has 0 saturated heterocycles. The van der Waals surface area contributed by atoms with E-state index < -0.39 is 17.9 Å². The van der Waals surface area contributed by atoms with Crippen LogP contribution in [0.3, 0.4) is 0 Å². The highest BCUT2D eigenvalue weighted by Gasteiger charge is 2.22. The number of unbranched alkanes of at least 4 members (excludes halogenated alkanes) is 17. The number of hydrogen-bond donors (Lipinski definition) is 1. The van der Waals surface area contributed by atoms with E-state index in [-0.39, 0.29) is 13.0 Å². The third-order valence-corrected chi connectivity index (χ3v) is 6.41. The zero-order valence-corrected chi connectivity index (χ0v) is 22.2. The van der Waals surface area contributed by atoms with Crippen molar-refractivity contribution in [1.29, 1.82) is 0 Å². The highest BCUT2D eigenvalue weighted by atomic mass is 16.5. The molecular formula is C30H54O4. The summed E-state index contributed by atoms with van der Waals surface area (Å²) < 4.78 is 5.03. The maximum atomic E-state index is 11.9. The molecule has 0 bridgehead atoms. The number of carbonyl (C=O) groups is 2. The zero-order valence-electron chi connectivity index (χ0n) is 22.2. The minimum absolute atomic E-state index is 0.145. The van der Waals surface area contributed by atoms with Gasteiger partial charge in [0.1, 0.15) is 6.61 Å². The van der Waals surface area contributed by atoms with Crippen molar-refractivity contribution in [2.45, 2.75) is 142 Å². The number of carboxylic acids is 1. The van der Waals surface area contributed by atoms with Gasteiger partial charge in [-0.15, -0.1) is 0 Å². The number of rotatable bonds is 26. The van der Waals surface area contributed by atoms with Crippen LogP contribution in [0.4, 0.5) is 0 Å². The van der Waals surface area contributed by atoms with E-state index in [4.69, 9.17) is 9.84 Å². The molecule has 4 heteroatoms. The highest BCUT2D eigenvalue weighted by molar-refractivity contribution is 5.79. The largest absolute Gasteiger partial charge is 0.481 e. The van der Waals surface area contributed by atoms with Crippen molar-refractivity contribution in [1.82, 2.24) is 0 Å². The van der Waals surface area contributed by atoms with Crippen LogP contribution in [-0.4, -0.2) is 23.7 Å². The summed E-state index contributed by atoms with van der Waals surface area (Å²) in [4.78, 5) is 22.9. The number of esters is 1. The van der Waals surface area contributed by atoms with E-state index in [1.807, 2.05) is 0 Å². The second-order valence-corrected chi connectivity index (χ2v) is 9.71. The summed E-state index contributed by atoms with van der Waals surface area (Å²) in [7, 11) is 0. The Morgan fingerprint density at radius 1 is 0.735 bits per heavy atom. The van der Waals surface area contributed by atoms with Crippen LogP contribution in [0.2, 0.25) is 0 Å². The predicted molar refractivity (Wildman–Crippen MR) is 144 cm³/mol. The molecule has 0 aromatic rings. The van der Waals surface area contributed by atoms with E-state index in [9.17, 15) is 9.59 Å². The minimum atomic E-state index is -0.943. The quantitative estimate of drug-likeness (QED) is 0.0764. The molecule has 198 valence electrons. The van der Waals surface area contributed by atoms with Gasteiger partial charge < -0.3 is 9.84 Å². The molecule has 1 atom stereocenters. The maximum Gasteiger partial charge on any atom is 0.309 e. The second kappa shape index (κ2) is 26.0. The molecule has 0 amide bonds. The lowest BCUT2D eigenvalue weighted by Crippen LogP contribution is -2.21. The lowest BCUT2D eigenvalue weighted by molar-refractivity contribution is -0.152. The number of carboxylic acid groups (broad SMARTS) is 1. The molecule has 1 N–H and O–H groups in total. The lowest BCUT2D eigenvalue weighted by atomic mass is 9.97. The molecule has 0 aliphatic rings. The van der Waals surface area contributed by atoms with Crippen LogP contribution in [-0.2, 0) is 14.3 Å². The van der Waals surface area contributed by atoms with E-state index in [1.54, 1.807) is 0 Å². The summed E-state index contributed by atoms with van der Waals surface area (Å²) in [6.07, 6.45) is 31.2. The molecule has 0 radical (unpaired) electrons. The average molecular weight is 479 g/mol. The Morgan fingerprint density at radius 2 is 1.18 bits per heavy atom. The van der Waals surface area contributed by atoms with E-state index in [0.717, 1.165) is 19.3 Å². The number of hydrogen-bond acceptors (Lipinski definition) is 3. The first kappa shape index (κ1) is 32.4. The van der Waals surface area contributed by atoms with Crippen molar-refractivity contribution >= 4 is 11.9 Å². The Balaban J connectivity index is 3.41. The first-order valence-corrected chi connectivity index (χ1v) is 14.3. The van der Waals surface area contributed by atoms with E-state index in [1.165, 1.54) is 109 Å². The molecular weight excluding hydrogens is 424 g/mol. The van der Waals surface area contributed by atoms with Gasteiger partial charge >= 0.3 is 11.9 Å². The van der Waals surface area contributed by atoms with Gasteiger partial charge in [0.15, 0.2) is 0 Å². The van der Waals surface area contributed by atoms with Crippen LogP contribution in [0.1, 0.15) is 142 Å². The summed E-state index contributed by atoms with van der Waals surface area (Å²) in [6, 6.07) is 0. The fourth-order valence-electron chi connectivity index (χ4n) is 4.28. The first-order chi connectivity index (χ1) is 16.6. The molecule has 0 heterocycles. The maximum absolute atomic E-state index is 11.9. The summed E-state index contributed by atoms with van der Waals surface area (Å²) in [6.45, 7) is 5.91. The molecule has 0 aliphatic heterocycles. The van der Waals surface area contributed by atoms with Gasteiger partial charge in [-0.05, 0) is 25.7 Å². The number of ether oxygens (including phenoxy) is 1. The normalized spacial score (nSPS) is 12.1. The molecule has 4 nitrogen and oxygen atoms in total. The summed E-state index contributed by atoms with van der Waals surface area (Å²) in [5.41, 5.74) is 0. The van der Waals surface area contributed by atoms with Crippen molar-refractivity contribution in [3.63, 3.8) is 0 Å². The Kier molecular flexibility index (Phi) is 24.8. The average Bonchev–Trinajstić information content (AvgIpc) is 2.82. The molecule has 0 rings (SSSR count). The predicted octanol–water partition coefficient (Wildman–Crippen LogP) is 9.18. The van der Waals surface area contributed by atoms with Gasteiger partial charge in [-0.25, -0.2) is 0 Å². The standard InChI is InChI=1S/C30H54O4/c1-3-5-6-7-8-9-10-11-12-13-14-15-16-17-18-19-20-21-22-23-24-25-28(27-29(31)32)30(33)34-26-4-2/h4,7-8,28H,2-3,5-6,9-27H2,1H3,(H,31,32)/b8-7+. The van der Waals surface area contributed by atoms with E-state index in [2.05, 4.69) is 25.7 Å². The second-order valence-electron chi connectivity index (χ2n) is 9.71. The van der Waals surface area contributed by atoms with Gasteiger partial charge in [0, 0.05) is 0 Å². The first-order valence-electron chi connectivity index (χ1n) is 14.3. The third-order valence-electron chi connectivity index (χ3n) is 6.41. The number of allylic oxidation sites excluding steroid dienone is 2. The van der Waals surface area contributed by atoms with Crippen molar-refractivity contribution in [3.05, 3.63) is 24.8 Å². The van der Waals surface area contributed by atoms with Crippen LogP contribution in [0.5, 0.6) is 0 Å². The molecule has 0 fully saturated rings. The van der Waals surface area contributed by atoms with Gasteiger partial charge in [-0.2, -0.15) is 0 Å². The zero-order chi connectivity index (χ0) is 25.1. The number of aliphatic carboxylic acids is 1. The smallest absolute Gasteiger partial charge is 0.309 e. The summed E-state index contributed by atoms with van der Waals surface area (Å²) in [5, 5.41) is 9.00. The fraction of sp³-hybridized carbons (Fsp3) is 0.800. The third kappa shape index (κ3) is 23.6. The highest BCUT2D eigenvalue weighted by Crippen LogP contribution is 2.18. The molecule has 0 aromatic carbocycles. The van der Waals surface area contributed by atoms with Gasteiger partial charge in [0.05, 0.1) is 12.3 Å². The number of carbonyl (C=O) groups excluding carboxylic acids is 1. The topological polar surface area (TPSA) is 63.6 Å². The molecule has 0 aromatic heterocycles. The van der Waals surface area contributed by atoms with Crippen LogP contribution < -0.4 is 0 Å². The van der Waals surface area contributed by atoms with Crippen LogP contribution >= 0.6 is 0 Å². The summed E-state index contributed by atoms with van der Waals surface area (Å²) >= 11 is 0. The summed E-state index contributed by atoms with van der Waals surface area (Å²) in [5.74, 6) is -1.88. The van der Waals surface area contributed by atoms with Crippen molar-refractivity contribution in [3.8, 4) is 0 Å². The molecule has 1 unspecified atom stereocenters. The molecule has 0 saturated carbocycles. The lowest BCUT2D eigenvalue weighted by Gasteiger charge is -2.13. The van der Waals surface area contributed by atoms with E-state index >= 15 is 0 Å². The van der Waals surface area contributed by atoms with Crippen LogP contribution in [0.15, 0.2) is 24.8 Å². The van der Waals surface area contributed by atoms with E-state index in [0.29, 0.717) is 6.42 Å². The van der Waals surface area contributed by atoms with Crippen molar-refractivity contribution < 1.29 is 19.4 Å². The van der Waals surface area contributed by atoms with Gasteiger partial charge in [0.2, 0.25) is 0 Å². The Labute approximate surface area is 210 Å². The van der Waals surface area contributed by atoms with Crippen LogP contribution in [0.25, 0.3) is 0 Å². The molecule has 0 spiro atoms. The van der Waals surface area contributed by atoms with Crippen molar-refractivity contribution in [2.75, 3.05) is 6.61 Å². The minimum Gasteiger partial charge on any atom is -0.481 e. The fourth-order valence-corrected chi connectivity index (χ4v) is 4.28. The van der Waals surface area contributed by atoms with Crippen molar-refractivity contribution in [2.24, 2.45) is 5.92 Å². The Bertz CT molecular complexity index is 512. The van der Waals surface area contributed by atoms with Gasteiger partial charge in [0.25, 0.3) is 0 Å². The molecule has 34 heavy (non-hydrogen) atoms. The molecule has 0 aliphatic carbocycles. The monoisotopic (exact) mass is 478 g/mol. The van der Waals surface area contributed by atoms with Crippen LogP contribution in [0, 0.1) is 5.92 Å².